The number of hydrogen-bond donors (Lipinski definition) is 1. The molecule has 0 aliphatic rings. The smallest absolute Gasteiger partial charge is 0.295 e. The van der Waals surface area contributed by atoms with Crippen LogP contribution in [0.3, 0.4) is 0 Å². The van der Waals surface area contributed by atoms with Gasteiger partial charge >= 0.3 is 0 Å². The standard InChI is InChI=1S/C26H29N5O4/c1-17-24-18(2)31(20-8-6-5-7-9-20)29-25(24)26(33)30(28-17)15-13-23(32)27-14-12-19-10-11-21(34-3)22(16-19)35-4/h5-11,16H,12-15H2,1-4H3,(H,27,32). The normalized spacial score (nSPS) is 11.0. The van der Waals surface area contributed by atoms with Gasteiger partial charge < -0.3 is 14.8 Å². The monoisotopic (exact) mass is 475 g/mol. The molecular formula is C26H29N5O4. The third kappa shape index (κ3) is 5.03. The molecule has 0 spiro atoms. The van der Waals surface area contributed by atoms with Crippen molar-refractivity contribution < 1.29 is 14.3 Å². The number of aromatic nitrogens is 4. The lowest BCUT2D eigenvalue weighted by Crippen LogP contribution is -2.30. The van der Waals surface area contributed by atoms with Gasteiger partial charge in [-0.1, -0.05) is 24.3 Å². The summed E-state index contributed by atoms with van der Waals surface area (Å²) in [5, 5.41) is 12.7. The van der Waals surface area contributed by atoms with Crippen molar-refractivity contribution in [3.8, 4) is 17.2 Å². The minimum atomic E-state index is -0.304. The highest BCUT2D eigenvalue weighted by Gasteiger charge is 2.17. The van der Waals surface area contributed by atoms with Crippen molar-refractivity contribution in [1.29, 1.82) is 0 Å². The van der Waals surface area contributed by atoms with Gasteiger partial charge in [0.1, 0.15) is 0 Å². The zero-order chi connectivity index (χ0) is 24.9. The van der Waals surface area contributed by atoms with Gasteiger partial charge in [0.2, 0.25) is 5.91 Å². The molecule has 0 saturated carbocycles. The Morgan fingerprint density at radius 1 is 1.00 bits per heavy atom. The Morgan fingerprint density at radius 2 is 1.74 bits per heavy atom. The van der Waals surface area contributed by atoms with Crippen LogP contribution in [-0.2, 0) is 17.8 Å². The summed E-state index contributed by atoms with van der Waals surface area (Å²) in [5.41, 5.74) is 3.50. The first-order valence-electron chi connectivity index (χ1n) is 11.4. The summed E-state index contributed by atoms with van der Waals surface area (Å²) in [7, 11) is 3.18. The Kier molecular flexibility index (Phi) is 7.14. The van der Waals surface area contributed by atoms with E-state index in [4.69, 9.17) is 9.47 Å². The molecular weight excluding hydrogens is 446 g/mol. The van der Waals surface area contributed by atoms with E-state index in [0.717, 1.165) is 22.3 Å². The lowest BCUT2D eigenvalue weighted by Gasteiger charge is -2.10. The molecule has 0 aliphatic heterocycles. The third-order valence-corrected chi connectivity index (χ3v) is 5.92. The zero-order valence-corrected chi connectivity index (χ0v) is 20.4. The predicted molar refractivity (Wildman–Crippen MR) is 133 cm³/mol. The summed E-state index contributed by atoms with van der Waals surface area (Å²) >= 11 is 0. The van der Waals surface area contributed by atoms with Crippen LogP contribution < -0.4 is 20.3 Å². The number of para-hydroxylation sites is 1. The fourth-order valence-electron chi connectivity index (χ4n) is 4.13. The summed E-state index contributed by atoms with van der Waals surface area (Å²) in [6.07, 6.45) is 0.785. The first kappa shape index (κ1) is 24.0. The number of carbonyl (C=O) groups is 1. The molecule has 0 bridgehead atoms. The molecule has 182 valence electrons. The van der Waals surface area contributed by atoms with Gasteiger partial charge in [-0.15, -0.1) is 0 Å². The molecule has 0 saturated heterocycles. The maximum absolute atomic E-state index is 13.1. The minimum Gasteiger partial charge on any atom is -0.493 e. The molecule has 4 aromatic rings. The number of carbonyl (C=O) groups excluding carboxylic acids is 1. The van der Waals surface area contributed by atoms with Gasteiger partial charge in [-0.3, -0.25) is 9.59 Å². The second kappa shape index (κ2) is 10.4. The van der Waals surface area contributed by atoms with Crippen LogP contribution in [0.2, 0.25) is 0 Å². The van der Waals surface area contributed by atoms with Crippen LogP contribution in [0.1, 0.15) is 23.4 Å². The van der Waals surface area contributed by atoms with Gasteiger partial charge in [0.15, 0.2) is 17.0 Å². The van der Waals surface area contributed by atoms with E-state index < -0.39 is 0 Å². The van der Waals surface area contributed by atoms with Gasteiger partial charge in [-0.25, -0.2) is 9.36 Å². The van der Waals surface area contributed by atoms with Crippen LogP contribution >= 0.6 is 0 Å². The Balaban J connectivity index is 1.41. The molecule has 35 heavy (non-hydrogen) atoms. The first-order valence-corrected chi connectivity index (χ1v) is 11.4. The molecule has 2 aromatic heterocycles. The third-order valence-electron chi connectivity index (χ3n) is 5.92. The number of methoxy groups -OCH3 is 2. The largest absolute Gasteiger partial charge is 0.493 e. The molecule has 9 heteroatoms. The predicted octanol–water partition coefficient (Wildman–Crippen LogP) is 2.97. The summed E-state index contributed by atoms with van der Waals surface area (Å²) in [5.74, 6) is 1.16. The van der Waals surface area contributed by atoms with Gasteiger partial charge in [-0.05, 0) is 50.1 Å². The molecule has 0 radical (unpaired) electrons. The van der Waals surface area contributed by atoms with Gasteiger partial charge in [0.25, 0.3) is 5.56 Å². The second-order valence-corrected chi connectivity index (χ2v) is 8.21. The summed E-state index contributed by atoms with van der Waals surface area (Å²) in [6, 6.07) is 15.3. The van der Waals surface area contributed by atoms with Crippen molar-refractivity contribution in [1.82, 2.24) is 24.9 Å². The summed E-state index contributed by atoms with van der Waals surface area (Å²) in [6.45, 7) is 4.42. The van der Waals surface area contributed by atoms with Crippen LogP contribution in [0.25, 0.3) is 16.6 Å². The molecule has 0 unspecified atom stereocenters. The van der Waals surface area contributed by atoms with Gasteiger partial charge in [0.05, 0.1) is 43.2 Å². The van der Waals surface area contributed by atoms with E-state index in [2.05, 4.69) is 15.5 Å². The van der Waals surface area contributed by atoms with Gasteiger partial charge in [-0.2, -0.15) is 10.2 Å². The molecule has 2 aromatic carbocycles. The number of benzene rings is 2. The lowest BCUT2D eigenvalue weighted by molar-refractivity contribution is -0.121. The van der Waals surface area contributed by atoms with Gasteiger partial charge in [0, 0.05) is 13.0 Å². The van der Waals surface area contributed by atoms with Crippen molar-refractivity contribution in [2.45, 2.75) is 33.2 Å². The van der Waals surface area contributed by atoms with Crippen LogP contribution in [0.5, 0.6) is 11.5 Å². The maximum Gasteiger partial charge on any atom is 0.295 e. The molecule has 2 heterocycles. The molecule has 0 atom stereocenters. The number of nitrogens with one attached hydrogen (secondary N) is 1. The van der Waals surface area contributed by atoms with E-state index in [0.29, 0.717) is 35.7 Å². The van der Waals surface area contributed by atoms with Crippen molar-refractivity contribution >= 4 is 16.8 Å². The highest BCUT2D eigenvalue weighted by molar-refractivity contribution is 5.83. The fourth-order valence-corrected chi connectivity index (χ4v) is 4.13. The fraction of sp³-hybridized carbons (Fsp3) is 0.308. The van der Waals surface area contributed by atoms with E-state index in [-0.39, 0.29) is 24.4 Å². The topological polar surface area (TPSA) is 100 Å². The minimum absolute atomic E-state index is 0.141. The number of aryl methyl sites for hydroxylation is 3. The Hall–Kier alpha value is -4.14. The zero-order valence-electron chi connectivity index (χ0n) is 20.4. The molecule has 1 amide bonds. The Labute approximate surface area is 203 Å². The lowest BCUT2D eigenvalue weighted by atomic mass is 10.1. The number of hydrogen-bond acceptors (Lipinski definition) is 6. The van der Waals surface area contributed by atoms with E-state index in [1.807, 2.05) is 62.4 Å². The highest BCUT2D eigenvalue weighted by Crippen LogP contribution is 2.27. The molecule has 9 nitrogen and oxygen atoms in total. The summed E-state index contributed by atoms with van der Waals surface area (Å²) < 4.78 is 13.7. The van der Waals surface area contributed by atoms with E-state index in [1.165, 1.54) is 4.68 Å². The van der Waals surface area contributed by atoms with Crippen LogP contribution in [0, 0.1) is 13.8 Å². The van der Waals surface area contributed by atoms with Crippen LogP contribution in [0.15, 0.2) is 53.3 Å². The first-order chi connectivity index (χ1) is 16.9. The molecule has 0 aliphatic carbocycles. The van der Waals surface area contributed by atoms with Crippen molar-refractivity contribution in [2.24, 2.45) is 0 Å². The Morgan fingerprint density at radius 3 is 2.46 bits per heavy atom. The number of fused-ring (bicyclic) bond motifs is 1. The maximum atomic E-state index is 13.1. The van der Waals surface area contributed by atoms with Crippen LogP contribution in [-0.4, -0.2) is 46.2 Å². The number of amides is 1. The number of rotatable bonds is 9. The van der Waals surface area contributed by atoms with Crippen molar-refractivity contribution in [2.75, 3.05) is 20.8 Å². The second-order valence-electron chi connectivity index (χ2n) is 8.21. The van der Waals surface area contributed by atoms with Crippen molar-refractivity contribution in [3.05, 3.63) is 75.8 Å². The highest BCUT2D eigenvalue weighted by atomic mass is 16.5. The quantitative estimate of drug-likeness (QED) is 0.400. The Bertz CT molecular complexity index is 1410. The van der Waals surface area contributed by atoms with Crippen LogP contribution in [0.4, 0.5) is 0 Å². The van der Waals surface area contributed by atoms with Crippen molar-refractivity contribution in [3.63, 3.8) is 0 Å². The molecule has 0 fully saturated rings. The molecule has 1 N–H and O–H groups in total. The number of nitrogens with zero attached hydrogens (tertiary/aromatic N) is 4. The number of ether oxygens (including phenoxy) is 2. The average Bonchev–Trinajstić information content (AvgIpc) is 3.23. The average molecular weight is 476 g/mol. The van der Waals surface area contributed by atoms with E-state index >= 15 is 0 Å². The summed E-state index contributed by atoms with van der Waals surface area (Å²) in [4.78, 5) is 25.5. The molecule has 4 rings (SSSR count). The SMILES string of the molecule is COc1ccc(CCNC(=O)CCn2nc(C)c3c(C)n(-c4ccccc4)nc3c2=O)cc1OC. The van der Waals surface area contributed by atoms with E-state index in [9.17, 15) is 9.59 Å². The van der Waals surface area contributed by atoms with E-state index in [1.54, 1.807) is 18.9 Å².